The highest BCUT2D eigenvalue weighted by Crippen LogP contribution is 2.39. The Morgan fingerprint density at radius 3 is 2.45 bits per heavy atom. The van der Waals surface area contributed by atoms with Crippen molar-refractivity contribution in [1.82, 2.24) is 0 Å². The monoisotopic (exact) mass is 439 g/mol. The van der Waals surface area contributed by atoms with E-state index in [1.807, 2.05) is 30.3 Å². The summed E-state index contributed by atoms with van der Waals surface area (Å²) in [5.41, 5.74) is 2.82. The zero-order valence-corrected chi connectivity index (χ0v) is 19.2. The van der Waals surface area contributed by atoms with Crippen molar-refractivity contribution in [3.05, 3.63) is 59.2 Å². The van der Waals surface area contributed by atoms with Crippen LogP contribution in [0.2, 0.25) is 0 Å². The molecule has 3 rings (SSSR count). The molecule has 1 aliphatic heterocycles. The molecule has 1 amide bonds. The maximum absolute atomic E-state index is 12.5. The number of nitrogens with zero attached hydrogens (tertiary/aromatic N) is 1. The Morgan fingerprint density at radius 2 is 1.77 bits per heavy atom. The standard InChI is InChI=1S/C25H29NO4S/c1-4-6-7-8-15-26-22-14-13-20(16-21(22)23(27)24(26)28)31-17(3)18-9-11-19(12-10-18)25(29)30-5-2/h9-14,16-17H,4-8,15H2,1-3H3. The molecule has 0 radical (unpaired) electrons. The third-order valence-corrected chi connectivity index (χ3v) is 6.53. The van der Waals surface area contributed by atoms with E-state index < -0.39 is 11.7 Å². The first-order chi connectivity index (χ1) is 15.0. The van der Waals surface area contributed by atoms with Gasteiger partial charge >= 0.3 is 5.97 Å². The molecule has 6 heteroatoms. The summed E-state index contributed by atoms with van der Waals surface area (Å²) in [6.07, 6.45) is 4.23. The van der Waals surface area contributed by atoms with Crippen molar-refractivity contribution in [1.29, 1.82) is 0 Å². The number of Topliss-reactive ketones (excluding diaryl/α,β-unsaturated/α-hetero) is 1. The summed E-state index contributed by atoms with van der Waals surface area (Å²) in [4.78, 5) is 39.3. The highest BCUT2D eigenvalue weighted by Gasteiger charge is 2.35. The second kappa shape index (κ2) is 10.6. The van der Waals surface area contributed by atoms with E-state index in [2.05, 4.69) is 13.8 Å². The minimum Gasteiger partial charge on any atom is -0.462 e. The third-order valence-electron chi connectivity index (χ3n) is 5.38. The number of carbonyl (C=O) groups is 3. The lowest BCUT2D eigenvalue weighted by Crippen LogP contribution is -2.30. The predicted octanol–water partition coefficient (Wildman–Crippen LogP) is 5.83. The van der Waals surface area contributed by atoms with Gasteiger partial charge in [-0.2, -0.15) is 0 Å². The fourth-order valence-corrected chi connectivity index (χ4v) is 4.68. The second-order valence-electron chi connectivity index (χ2n) is 7.63. The molecule has 1 unspecified atom stereocenters. The highest BCUT2D eigenvalue weighted by atomic mass is 32.2. The number of ether oxygens (including phenoxy) is 1. The summed E-state index contributed by atoms with van der Waals surface area (Å²) in [7, 11) is 0. The number of hydrogen-bond acceptors (Lipinski definition) is 5. The first kappa shape index (κ1) is 23.1. The second-order valence-corrected chi connectivity index (χ2v) is 9.04. The van der Waals surface area contributed by atoms with Crippen molar-refractivity contribution in [2.45, 2.75) is 56.6 Å². The summed E-state index contributed by atoms with van der Waals surface area (Å²) < 4.78 is 5.02. The molecule has 0 aliphatic carbocycles. The Labute approximate surface area is 188 Å². The molecule has 0 spiro atoms. The molecule has 0 bridgehead atoms. The summed E-state index contributed by atoms with van der Waals surface area (Å²) >= 11 is 1.62. The maximum Gasteiger partial charge on any atom is 0.338 e. The molecule has 1 aliphatic rings. The van der Waals surface area contributed by atoms with Gasteiger partial charge in [0.25, 0.3) is 11.7 Å². The number of rotatable bonds is 10. The summed E-state index contributed by atoms with van der Waals surface area (Å²) in [5.74, 6) is -1.16. The number of hydrogen-bond donors (Lipinski definition) is 0. The number of unbranched alkanes of at least 4 members (excludes halogenated alkanes) is 3. The maximum atomic E-state index is 12.5. The summed E-state index contributed by atoms with van der Waals surface area (Å²) in [5, 5.41) is 0.117. The van der Waals surface area contributed by atoms with E-state index in [1.165, 1.54) is 0 Å². The van der Waals surface area contributed by atoms with Gasteiger partial charge in [-0.1, -0.05) is 38.3 Å². The Morgan fingerprint density at radius 1 is 1.03 bits per heavy atom. The molecule has 31 heavy (non-hydrogen) atoms. The van der Waals surface area contributed by atoms with Crippen LogP contribution in [-0.4, -0.2) is 30.8 Å². The molecule has 0 saturated heterocycles. The van der Waals surface area contributed by atoms with Gasteiger partial charge < -0.3 is 9.64 Å². The number of benzene rings is 2. The Bertz CT molecular complexity index is 954. The predicted molar refractivity (Wildman–Crippen MR) is 124 cm³/mol. The van der Waals surface area contributed by atoms with E-state index >= 15 is 0 Å². The Balaban J connectivity index is 1.69. The van der Waals surface area contributed by atoms with Crippen LogP contribution >= 0.6 is 11.8 Å². The molecular weight excluding hydrogens is 410 g/mol. The number of fused-ring (bicyclic) bond motifs is 1. The fourth-order valence-electron chi connectivity index (χ4n) is 3.65. The van der Waals surface area contributed by atoms with Crippen LogP contribution in [0, 0.1) is 0 Å². The molecule has 164 valence electrons. The highest BCUT2D eigenvalue weighted by molar-refractivity contribution is 7.99. The number of thioether (sulfide) groups is 1. The number of esters is 1. The van der Waals surface area contributed by atoms with E-state index in [-0.39, 0.29) is 11.2 Å². The lowest BCUT2D eigenvalue weighted by molar-refractivity contribution is -0.114. The van der Waals surface area contributed by atoms with Crippen LogP contribution in [0.5, 0.6) is 0 Å². The SMILES string of the molecule is CCCCCCN1C(=O)C(=O)c2cc(SC(C)c3ccc(C(=O)OCC)cc3)ccc21. The molecule has 0 N–H and O–H groups in total. The summed E-state index contributed by atoms with van der Waals surface area (Å²) in [6.45, 7) is 6.94. The van der Waals surface area contributed by atoms with Crippen LogP contribution in [0.25, 0.3) is 0 Å². The average molecular weight is 440 g/mol. The smallest absolute Gasteiger partial charge is 0.338 e. The van der Waals surface area contributed by atoms with Gasteiger partial charge in [-0.3, -0.25) is 9.59 Å². The first-order valence-electron chi connectivity index (χ1n) is 10.9. The molecular formula is C25H29NO4S. The molecule has 2 aromatic carbocycles. The van der Waals surface area contributed by atoms with Gasteiger partial charge in [0.2, 0.25) is 0 Å². The van der Waals surface area contributed by atoms with Crippen molar-refractivity contribution in [2.75, 3.05) is 18.1 Å². The van der Waals surface area contributed by atoms with Crippen LogP contribution in [0.15, 0.2) is 47.4 Å². The Kier molecular flexibility index (Phi) is 7.91. The molecule has 0 aromatic heterocycles. The quantitative estimate of drug-likeness (QED) is 0.202. The van der Waals surface area contributed by atoms with Crippen LogP contribution in [-0.2, 0) is 9.53 Å². The molecule has 2 aromatic rings. The molecule has 5 nitrogen and oxygen atoms in total. The summed E-state index contributed by atoms with van der Waals surface area (Å²) in [6, 6.07) is 13.1. The largest absolute Gasteiger partial charge is 0.462 e. The number of ketones is 1. The van der Waals surface area contributed by atoms with Crippen molar-refractivity contribution < 1.29 is 19.1 Å². The van der Waals surface area contributed by atoms with E-state index in [0.717, 1.165) is 41.8 Å². The lowest BCUT2D eigenvalue weighted by Gasteiger charge is -2.17. The van der Waals surface area contributed by atoms with Gasteiger partial charge in [0.15, 0.2) is 0 Å². The van der Waals surface area contributed by atoms with Crippen LogP contribution in [0.3, 0.4) is 0 Å². The lowest BCUT2D eigenvalue weighted by atomic mass is 10.1. The zero-order chi connectivity index (χ0) is 22.4. The van der Waals surface area contributed by atoms with Gasteiger partial charge in [0, 0.05) is 16.7 Å². The average Bonchev–Trinajstić information content (AvgIpc) is 3.01. The normalized spacial score (nSPS) is 14.0. The molecule has 0 saturated carbocycles. The fraction of sp³-hybridized carbons (Fsp3) is 0.400. The van der Waals surface area contributed by atoms with E-state index in [0.29, 0.717) is 24.3 Å². The molecule has 1 heterocycles. The number of carbonyl (C=O) groups excluding carboxylic acids is 3. The van der Waals surface area contributed by atoms with E-state index in [9.17, 15) is 14.4 Å². The Hall–Kier alpha value is -2.60. The minimum atomic E-state index is -0.420. The molecule has 1 atom stereocenters. The first-order valence-corrected chi connectivity index (χ1v) is 11.8. The van der Waals surface area contributed by atoms with E-state index in [1.54, 1.807) is 35.7 Å². The number of anilines is 1. The van der Waals surface area contributed by atoms with Gasteiger partial charge in [0.1, 0.15) is 0 Å². The third kappa shape index (κ3) is 5.37. The minimum absolute atomic E-state index is 0.117. The van der Waals surface area contributed by atoms with Crippen LogP contribution in [0.4, 0.5) is 5.69 Å². The zero-order valence-electron chi connectivity index (χ0n) is 18.3. The topological polar surface area (TPSA) is 63.7 Å². The van der Waals surface area contributed by atoms with Gasteiger partial charge in [0.05, 0.1) is 23.4 Å². The van der Waals surface area contributed by atoms with Gasteiger partial charge in [-0.25, -0.2) is 4.79 Å². The van der Waals surface area contributed by atoms with Crippen molar-refractivity contribution >= 4 is 35.1 Å². The molecule has 0 fully saturated rings. The van der Waals surface area contributed by atoms with Crippen LogP contribution in [0.1, 0.15) is 78.0 Å². The van der Waals surface area contributed by atoms with Gasteiger partial charge in [-0.15, -0.1) is 11.8 Å². The van der Waals surface area contributed by atoms with Crippen molar-refractivity contribution in [3.63, 3.8) is 0 Å². The number of amides is 1. The van der Waals surface area contributed by atoms with Crippen molar-refractivity contribution in [3.8, 4) is 0 Å². The van der Waals surface area contributed by atoms with E-state index in [4.69, 9.17) is 4.74 Å². The van der Waals surface area contributed by atoms with Gasteiger partial charge in [-0.05, 0) is 56.2 Å². The van der Waals surface area contributed by atoms with Crippen molar-refractivity contribution in [2.24, 2.45) is 0 Å². The van der Waals surface area contributed by atoms with Crippen LogP contribution < -0.4 is 4.90 Å².